The zero-order chi connectivity index (χ0) is 14.4. The number of aliphatic hydroxyl groups excluding tert-OH is 1. The Labute approximate surface area is 118 Å². The first kappa shape index (κ1) is 14.3. The topological polar surface area (TPSA) is 74.2 Å². The van der Waals surface area contributed by atoms with Gasteiger partial charge in [0.05, 0.1) is 11.2 Å². The maximum atomic E-state index is 11.9. The lowest BCUT2D eigenvalue weighted by Gasteiger charge is -2.14. The van der Waals surface area contributed by atoms with E-state index < -0.39 is 0 Å². The van der Waals surface area contributed by atoms with Crippen LogP contribution in [0.5, 0.6) is 0 Å². The lowest BCUT2D eigenvalue weighted by atomic mass is 10.2. The van der Waals surface area contributed by atoms with Gasteiger partial charge in [0.25, 0.3) is 0 Å². The van der Waals surface area contributed by atoms with Crippen molar-refractivity contribution >= 4 is 22.6 Å². The highest BCUT2D eigenvalue weighted by atomic mass is 16.3. The fourth-order valence-electron chi connectivity index (χ4n) is 2.06. The number of carbonyl (C=O) groups excluding carboxylic acids is 1. The predicted molar refractivity (Wildman–Crippen MR) is 79.7 cm³/mol. The molecule has 2 aromatic rings. The van der Waals surface area contributed by atoms with E-state index in [1.165, 1.54) is 0 Å². The molecule has 2 rings (SSSR count). The van der Waals surface area contributed by atoms with Gasteiger partial charge >= 0.3 is 6.03 Å². The average molecular weight is 273 g/mol. The molecule has 1 heterocycles. The molecule has 1 aromatic heterocycles. The number of fused-ring (bicyclic) bond motifs is 1. The van der Waals surface area contributed by atoms with Crippen molar-refractivity contribution in [2.75, 3.05) is 11.9 Å². The Hall–Kier alpha value is -2.14. The molecular formula is C15H19N3O2. The standard InChI is InChI=1S/C15H19N3O2/c1-11(5-4-10-19)17-15(20)18-13-8-2-6-12-7-3-9-16-14(12)13/h2-3,6-9,11,19H,4-5,10H2,1H3,(H2,17,18,20). The minimum Gasteiger partial charge on any atom is -0.396 e. The number of aliphatic hydroxyl groups is 1. The zero-order valence-corrected chi connectivity index (χ0v) is 11.5. The van der Waals surface area contributed by atoms with Crippen molar-refractivity contribution < 1.29 is 9.90 Å². The molecule has 0 aliphatic rings. The summed E-state index contributed by atoms with van der Waals surface area (Å²) in [7, 11) is 0. The summed E-state index contributed by atoms with van der Waals surface area (Å²) in [5.74, 6) is 0. The molecule has 0 radical (unpaired) electrons. The van der Waals surface area contributed by atoms with Gasteiger partial charge < -0.3 is 15.7 Å². The third-order valence-electron chi connectivity index (χ3n) is 3.05. The summed E-state index contributed by atoms with van der Waals surface area (Å²) in [6.45, 7) is 2.05. The van der Waals surface area contributed by atoms with Gasteiger partial charge in [0.1, 0.15) is 0 Å². The Morgan fingerprint density at radius 1 is 1.35 bits per heavy atom. The number of pyridine rings is 1. The fourth-order valence-corrected chi connectivity index (χ4v) is 2.06. The normalized spacial score (nSPS) is 12.1. The maximum absolute atomic E-state index is 11.9. The average Bonchev–Trinajstić information content (AvgIpc) is 2.45. The lowest BCUT2D eigenvalue weighted by Crippen LogP contribution is -2.36. The van der Waals surface area contributed by atoms with E-state index in [1.54, 1.807) is 6.20 Å². The van der Waals surface area contributed by atoms with Gasteiger partial charge in [-0.25, -0.2) is 4.79 Å². The summed E-state index contributed by atoms with van der Waals surface area (Å²) in [5, 5.41) is 15.4. The first-order valence-corrected chi connectivity index (χ1v) is 6.73. The molecule has 1 aromatic carbocycles. The van der Waals surface area contributed by atoms with Crippen molar-refractivity contribution in [3.63, 3.8) is 0 Å². The van der Waals surface area contributed by atoms with E-state index in [0.29, 0.717) is 12.1 Å². The quantitative estimate of drug-likeness (QED) is 0.783. The molecule has 0 bridgehead atoms. The molecule has 106 valence electrons. The Balaban J connectivity index is 2.03. The third kappa shape index (κ3) is 3.68. The van der Waals surface area contributed by atoms with Crippen molar-refractivity contribution in [2.24, 2.45) is 0 Å². The molecule has 0 aliphatic heterocycles. The van der Waals surface area contributed by atoms with Gasteiger partial charge in [0.2, 0.25) is 0 Å². The summed E-state index contributed by atoms with van der Waals surface area (Å²) in [6.07, 6.45) is 3.13. The van der Waals surface area contributed by atoms with Crippen LogP contribution in [0.3, 0.4) is 0 Å². The Bertz CT molecular complexity index is 581. The summed E-state index contributed by atoms with van der Waals surface area (Å²) >= 11 is 0. The molecule has 5 nitrogen and oxygen atoms in total. The molecule has 0 saturated heterocycles. The second kappa shape index (κ2) is 6.86. The Morgan fingerprint density at radius 2 is 2.15 bits per heavy atom. The van der Waals surface area contributed by atoms with Crippen molar-refractivity contribution in [3.8, 4) is 0 Å². The van der Waals surface area contributed by atoms with E-state index in [9.17, 15) is 4.79 Å². The number of hydrogen-bond acceptors (Lipinski definition) is 3. The molecular weight excluding hydrogens is 254 g/mol. The number of hydrogen-bond donors (Lipinski definition) is 3. The number of amides is 2. The number of nitrogens with one attached hydrogen (secondary N) is 2. The largest absolute Gasteiger partial charge is 0.396 e. The van der Waals surface area contributed by atoms with Gasteiger partial charge in [-0.3, -0.25) is 4.98 Å². The van der Waals surface area contributed by atoms with Gasteiger partial charge in [-0.05, 0) is 31.9 Å². The molecule has 0 spiro atoms. The fraction of sp³-hybridized carbons (Fsp3) is 0.333. The van der Waals surface area contributed by atoms with Crippen molar-refractivity contribution in [1.82, 2.24) is 10.3 Å². The van der Waals surface area contributed by atoms with Crippen molar-refractivity contribution in [3.05, 3.63) is 36.5 Å². The van der Waals surface area contributed by atoms with Crippen molar-refractivity contribution in [2.45, 2.75) is 25.8 Å². The van der Waals surface area contributed by atoms with Crippen LogP contribution >= 0.6 is 0 Å². The molecule has 0 fully saturated rings. The van der Waals surface area contributed by atoms with E-state index in [4.69, 9.17) is 5.11 Å². The molecule has 0 saturated carbocycles. The first-order valence-electron chi connectivity index (χ1n) is 6.73. The summed E-state index contributed by atoms with van der Waals surface area (Å²) in [4.78, 5) is 16.2. The smallest absolute Gasteiger partial charge is 0.319 e. The zero-order valence-electron chi connectivity index (χ0n) is 11.5. The van der Waals surface area contributed by atoms with Crippen LogP contribution in [0.2, 0.25) is 0 Å². The highest BCUT2D eigenvalue weighted by Gasteiger charge is 2.09. The third-order valence-corrected chi connectivity index (χ3v) is 3.05. The second-order valence-corrected chi connectivity index (χ2v) is 4.75. The van der Waals surface area contributed by atoms with E-state index >= 15 is 0 Å². The molecule has 3 N–H and O–H groups in total. The van der Waals surface area contributed by atoms with Crippen LogP contribution in [-0.4, -0.2) is 28.8 Å². The van der Waals surface area contributed by atoms with E-state index in [0.717, 1.165) is 17.3 Å². The molecule has 5 heteroatoms. The molecule has 0 aliphatic carbocycles. The molecule has 1 atom stereocenters. The minimum absolute atomic E-state index is 0.0186. The highest BCUT2D eigenvalue weighted by Crippen LogP contribution is 2.20. The van der Waals surface area contributed by atoms with Gasteiger partial charge in [-0.2, -0.15) is 0 Å². The van der Waals surface area contributed by atoms with Gasteiger partial charge in [-0.15, -0.1) is 0 Å². The Morgan fingerprint density at radius 3 is 2.95 bits per heavy atom. The second-order valence-electron chi connectivity index (χ2n) is 4.75. The molecule has 20 heavy (non-hydrogen) atoms. The van der Waals surface area contributed by atoms with Crippen molar-refractivity contribution in [1.29, 1.82) is 0 Å². The van der Waals surface area contributed by atoms with Gasteiger partial charge in [0.15, 0.2) is 0 Å². The number of nitrogens with zero attached hydrogens (tertiary/aromatic N) is 1. The SMILES string of the molecule is CC(CCCO)NC(=O)Nc1cccc2cccnc12. The van der Waals surface area contributed by atoms with E-state index in [-0.39, 0.29) is 18.7 Å². The summed E-state index contributed by atoms with van der Waals surface area (Å²) in [6, 6.07) is 9.24. The summed E-state index contributed by atoms with van der Waals surface area (Å²) in [5.41, 5.74) is 1.46. The number of anilines is 1. The highest BCUT2D eigenvalue weighted by molar-refractivity contribution is 5.99. The monoisotopic (exact) mass is 273 g/mol. The van der Waals surface area contributed by atoms with Crippen LogP contribution in [0, 0.1) is 0 Å². The van der Waals surface area contributed by atoms with Crippen LogP contribution in [0.1, 0.15) is 19.8 Å². The number of rotatable bonds is 5. The van der Waals surface area contributed by atoms with Crippen LogP contribution < -0.4 is 10.6 Å². The molecule has 1 unspecified atom stereocenters. The van der Waals surface area contributed by atoms with Crippen LogP contribution in [0.25, 0.3) is 10.9 Å². The minimum atomic E-state index is -0.256. The Kier molecular flexibility index (Phi) is 4.90. The lowest BCUT2D eigenvalue weighted by molar-refractivity contribution is 0.245. The van der Waals surface area contributed by atoms with Gasteiger partial charge in [-0.1, -0.05) is 18.2 Å². The number of para-hydroxylation sites is 1. The predicted octanol–water partition coefficient (Wildman–Crippen LogP) is 2.52. The number of aromatic nitrogens is 1. The van der Waals surface area contributed by atoms with E-state index in [1.807, 2.05) is 37.3 Å². The van der Waals surface area contributed by atoms with Gasteiger partial charge in [0, 0.05) is 24.2 Å². The van der Waals surface area contributed by atoms with E-state index in [2.05, 4.69) is 15.6 Å². The summed E-state index contributed by atoms with van der Waals surface area (Å²) < 4.78 is 0. The van der Waals surface area contributed by atoms with Crippen LogP contribution in [-0.2, 0) is 0 Å². The van der Waals surface area contributed by atoms with Crippen LogP contribution in [0.4, 0.5) is 10.5 Å². The first-order chi connectivity index (χ1) is 9.70. The molecule has 2 amide bonds. The number of carbonyl (C=O) groups is 1. The van der Waals surface area contributed by atoms with Crippen LogP contribution in [0.15, 0.2) is 36.5 Å². The number of urea groups is 1. The maximum Gasteiger partial charge on any atom is 0.319 e. The number of benzene rings is 1.